The molecule has 0 saturated carbocycles. The normalized spacial score (nSPS) is 11.9. The smallest absolute Gasteiger partial charge is 0.261 e. The number of aromatic amines is 1. The van der Waals surface area contributed by atoms with Crippen LogP contribution in [-0.4, -0.2) is 25.7 Å². The van der Waals surface area contributed by atoms with Crippen molar-refractivity contribution in [3.63, 3.8) is 0 Å². The van der Waals surface area contributed by atoms with Gasteiger partial charge in [-0.2, -0.15) is 0 Å². The lowest BCUT2D eigenvalue weighted by Gasteiger charge is -2.12. The molecule has 7 heteroatoms. The molecule has 122 valence electrons. The Morgan fingerprint density at radius 3 is 2.58 bits per heavy atom. The number of benzene rings is 1. The molecular weight excluding hydrogens is 306 g/mol. The van der Waals surface area contributed by atoms with Gasteiger partial charge in [0.1, 0.15) is 11.9 Å². The molecule has 3 aromatic rings. The Balaban J connectivity index is 1.81. The SMILES string of the molecule is C[C@@H](NC(=O)c1ccc(-c2ccccc2)[nH]c1=O)c1nncn1C. The van der Waals surface area contributed by atoms with Crippen molar-refractivity contribution in [3.05, 3.63) is 70.5 Å². The van der Waals surface area contributed by atoms with Crippen LogP contribution in [0.25, 0.3) is 11.3 Å². The number of pyridine rings is 1. The third kappa shape index (κ3) is 3.10. The van der Waals surface area contributed by atoms with Crippen molar-refractivity contribution in [2.45, 2.75) is 13.0 Å². The van der Waals surface area contributed by atoms with Crippen molar-refractivity contribution in [1.82, 2.24) is 25.1 Å². The van der Waals surface area contributed by atoms with Crippen molar-refractivity contribution < 1.29 is 4.79 Å². The van der Waals surface area contributed by atoms with E-state index in [-0.39, 0.29) is 11.6 Å². The Morgan fingerprint density at radius 2 is 1.96 bits per heavy atom. The molecule has 1 aromatic carbocycles. The molecule has 0 fully saturated rings. The van der Waals surface area contributed by atoms with Crippen molar-refractivity contribution >= 4 is 5.91 Å². The van der Waals surface area contributed by atoms with E-state index in [2.05, 4.69) is 20.5 Å². The van der Waals surface area contributed by atoms with E-state index in [1.165, 1.54) is 6.07 Å². The summed E-state index contributed by atoms with van der Waals surface area (Å²) in [5, 5.41) is 10.5. The maximum Gasteiger partial charge on any atom is 0.261 e. The Kier molecular flexibility index (Phi) is 4.24. The van der Waals surface area contributed by atoms with Gasteiger partial charge >= 0.3 is 0 Å². The van der Waals surface area contributed by atoms with Crippen LogP contribution in [-0.2, 0) is 7.05 Å². The lowest BCUT2D eigenvalue weighted by molar-refractivity contribution is 0.0936. The first-order chi connectivity index (χ1) is 11.6. The number of rotatable bonds is 4. The second-order valence-corrected chi connectivity index (χ2v) is 5.48. The third-order valence-electron chi connectivity index (χ3n) is 3.72. The van der Waals surface area contributed by atoms with Gasteiger partial charge in [0.2, 0.25) is 0 Å². The Hall–Kier alpha value is -3.22. The second-order valence-electron chi connectivity index (χ2n) is 5.48. The van der Waals surface area contributed by atoms with E-state index < -0.39 is 11.5 Å². The molecular formula is C17H17N5O2. The van der Waals surface area contributed by atoms with Crippen molar-refractivity contribution in [2.24, 2.45) is 7.05 Å². The largest absolute Gasteiger partial charge is 0.342 e. The fraction of sp³-hybridized carbons (Fsp3) is 0.176. The standard InChI is InChI=1S/C17H17N5O2/c1-11(15-21-18-10-22(15)2)19-16(23)13-8-9-14(20-17(13)24)12-6-4-3-5-7-12/h3-11H,1-2H3,(H,19,23)(H,20,24)/t11-/m1/s1. The maximum absolute atomic E-state index is 12.3. The molecule has 0 radical (unpaired) electrons. The van der Waals surface area contributed by atoms with E-state index in [1.54, 1.807) is 30.9 Å². The van der Waals surface area contributed by atoms with E-state index in [0.717, 1.165) is 5.56 Å². The van der Waals surface area contributed by atoms with Gasteiger partial charge in [0.25, 0.3) is 11.5 Å². The van der Waals surface area contributed by atoms with Crippen LogP contribution < -0.4 is 10.9 Å². The van der Waals surface area contributed by atoms with E-state index in [9.17, 15) is 9.59 Å². The number of H-pyrrole nitrogens is 1. The molecule has 2 heterocycles. The minimum absolute atomic E-state index is 0.0590. The summed E-state index contributed by atoms with van der Waals surface area (Å²) < 4.78 is 1.72. The number of carbonyl (C=O) groups excluding carboxylic acids is 1. The molecule has 0 spiro atoms. The van der Waals surface area contributed by atoms with Crippen LogP contribution in [0.5, 0.6) is 0 Å². The number of amides is 1. The molecule has 0 aliphatic heterocycles. The summed E-state index contributed by atoms with van der Waals surface area (Å²) in [4.78, 5) is 27.3. The number of aryl methyl sites for hydroxylation is 1. The summed E-state index contributed by atoms with van der Waals surface area (Å²) in [6, 6.07) is 12.3. The van der Waals surface area contributed by atoms with Crippen molar-refractivity contribution in [3.8, 4) is 11.3 Å². The molecule has 3 rings (SSSR count). The van der Waals surface area contributed by atoms with Gasteiger partial charge in [-0.1, -0.05) is 30.3 Å². The highest BCUT2D eigenvalue weighted by Gasteiger charge is 2.17. The highest BCUT2D eigenvalue weighted by Crippen LogP contribution is 2.15. The van der Waals surface area contributed by atoms with Crippen LogP contribution in [0.2, 0.25) is 0 Å². The average Bonchev–Trinajstić information content (AvgIpc) is 3.01. The summed E-state index contributed by atoms with van der Waals surface area (Å²) in [6.45, 7) is 1.79. The number of nitrogens with zero attached hydrogens (tertiary/aromatic N) is 3. The first-order valence-corrected chi connectivity index (χ1v) is 7.50. The monoisotopic (exact) mass is 323 g/mol. The zero-order valence-electron chi connectivity index (χ0n) is 13.4. The number of carbonyl (C=O) groups is 1. The number of hydrogen-bond donors (Lipinski definition) is 2. The number of hydrogen-bond acceptors (Lipinski definition) is 4. The predicted molar refractivity (Wildman–Crippen MR) is 89.4 cm³/mol. The van der Waals surface area contributed by atoms with Gasteiger partial charge < -0.3 is 14.9 Å². The molecule has 0 aliphatic carbocycles. The molecule has 0 saturated heterocycles. The van der Waals surface area contributed by atoms with Gasteiger partial charge in [-0.25, -0.2) is 0 Å². The first kappa shape index (κ1) is 15.7. The van der Waals surface area contributed by atoms with Crippen LogP contribution in [0.15, 0.2) is 53.6 Å². The molecule has 1 atom stereocenters. The van der Waals surface area contributed by atoms with Crippen LogP contribution in [0.4, 0.5) is 0 Å². The predicted octanol–water partition coefficient (Wildman–Crippen LogP) is 1.66. The number of nitrogens with one attached hydrogen (secondary N) is 2. The molecule has 2 N–H and O–H groups in total. The van der Waals surface area contributed by atoms with E-state index in [4.69, 9.17) is 0 Å². The van der Waals surface area contributed by atoms with Crippen LogP contribution in [0.3, 0.4) is 0 Å². The highest BCUT2D eigenvalue weighted by molar-refractivity contribution is 5.94. The van der Waals surface area contributed by atoms with Crippen molar-refractivity contribution in [2.75, 3.05) is 0 Å². The van der Waals surface area contributed by atoms with Gasteiger partial charge in [-0.15, -0.1) is 10.2 Å². The quantitative estimate of drug-likeness (QED) is 0.764. The average molecular weight is 323 g/mol. The summed E-state index contributed by atoms with van der Waals surface area (Å²) in [6.07, 6.45) is 1.56. The summed E-state index contributed by atoms with van der Waals surface area (Å²) in [5.74, 6) is 0.159. The maximum atomic E-state index is 12.3. The second kappa shape index (κ2) is 6.49. The summed E-state index contributed by atoms with van der Waals surface area (Å²) in [5.41, 5.74) is 1.18. The fourth-order valence-electron chi connectivity index (χ4n) is 2.46. The van der Waals surface area contributed by atoms with Gasteiger partial charge in [-0.3, -0.25) is 9.59 Å². The Morgan fingerprint density at radius 1 is 1.21 bits per heavy atom. The molecule has 1 amide bonds. The molecule has 0 aliphatic rings. The van der Waals surface area contributed by atoms with E-state index in [0.29, 0.717) is 11.5 Å². The van der Waals surface area contributed by atoms with Gasteiger partial charge in [0.05, 0.1) is 6.04 Å². The highest BCUT2D eigenvalue weighted by atomic mass is 16.2. The Bertz CT molecular complexity index is 914. The van der Waals surface area contributed by atoms with Crippen LogP contribution in [0.1, 0.15) is 29.1 Å². The third-order valence-corrected chi connectivity index (χ3v) is 3.72. The minimum Gasteiger partial charge on any atom is -0.342 e. The summed E-state index contributed by atoms with van der Waals surface area (Å²) in [7, 11) is 1.79. The molecule has 2 aromatic heterocycles. The topological polar surface area (TPSA) is 92.7 Å². The van der Waals surface area contributed by atoms with E-state index in [1.807, 2.05) is 30.3 Å². The fourth-order valence-corrected chi connectivity index (χ4v) is 2.46. The zero-order chi connectivity index (χ0) is 17.1. The van der Waals surface area contributed by atoms with Crippen LogP contribution in [0, 0.1) is 0 Å². The summed E-state index contributed by atoms with van der Waals surface area (Å²) >= 11 is 0. The minimum atomic E-state index is -0.452. The van der Waals surface area contributed by atoms with Gasteiger partial charge in [0, 0.05) is 12.7 Å². The number of aromatic nitrogens is 4. The van der Waals surface area contributed by atoms with E-state index >= 15 is 0 Å². The lowest BCUT2D eigenvalue weighted by atomic mass is 10.1. The lowest BCUT2D eigenvalue weighted by Crippen LogP contribution is -2.32. The van der Waals surface area contributed by atoms with Gasteiger partial charge in [0.15, 0.2) is 5.82 Å². The molecule has 0 bridgehead atoms. The molecule has 24 heavy (non-hydrogen) atoms. The van der Waals surface area contributed by atoms with Crippen molar-refractivity contribution in [1.29, 1.82) is 0 Å². The first-order valence-electron chi connectivity index (χ1n) is 7.50. The van der Waals surface area contributed by atoms with Crippen LogP contribution >= 0.6 is 0 Å². The molecule has 0 unspecified atom stereocenters. The van der Waals surface area contributed by atoms with Gasteiger partial charge in [-0.05, 0) is 24.6 Å². The Labute approximate surface area is 138 Å². The zero-order valence-corrected chi connectivity index (χ0v) is 13.4. The molecule has 7 nitrogen and oxygen atoms in total.